The molecule has 0 aliphatic heterocycles. The number of hydrogen-bond donors (Lipinski definition) is 0. The summed E-state index contributed by atoms with van der Waals surface area (Å²) >= 11 is 6.17. The Hall–Kier alpha value is -2.99. The van der Waals surface area contributed by atoms with E-state index >= 15 is 0 Å². The Morgan fingerprint density at radius 2 is 1.85 bits per heavy atom. The Balaban J connectivity index is 2.14. The highest BCUT2D eigenvalue weighted by Crippen LogP contribution is 2.32. The molecule has 3 heterocycles. The van der Waals surface area contributed by atoms with Crippen LogP contribution in [-0.2, 0) is 7.05 Å². The van der Waals surface area contributed by atoms with Crippen LogP contribution in [-0.4, -0.2) is 44.4 Å². The normalized spacial score (nSPS) is 11.2. The van der Waals surface area contributed by atoms with Crippen LogP contribution in [0, 0.1) is 0 Å². The van der Waals surface area contributed by atoms with Crippen LogP contribution in [0.2, 0.25) is 5.02 Å². The van der Waals surface area contributed by atoms with E-state index in [1.54, 1.807) is 26.5 Å². The van der Waals surface area contributed by atoms with E-state index < -0.39 is 0 Å². The minimum absolute atomic E-state index is 0.171. The van der Waals surface area contributed by atoms with Gasteiger partial charge < -0.3 is 9.47 Å². The quantitative estimate of drug-likeness (QED) is 0.545. The summed E-state index contributed by atoms with van der Waals surface area (Å²) in [7, 11) is 5.34. The molecule has 4 rings (SSSR count). The molecule has 0 unspecified atom stereocenters. The van der Waals surface area contributed by atoms with Crippen LogP contribution < -0.4 is 0 Å². The average molecular weight is 366 g/mol. The molecule has 0 bridgehead atoms. The topological polar surface area (TPSA) is 63.9 Å². The zero-order valence-corrected chi connectivity index (χ0v) is 15.3. The maximum Gasteiger partial charge on any atom is 0.272 e. The molecule has 0 spiro atoms. The molecule has 0 saturated carbocycles. The van der Waals surface area contributed by atoms with E-state index in [1.165, 1.54) is 4.90 Å². The summed E-state index contributed by atoms with van der Waals surface area (Å²) in [4.78, 5) is 27.7. The predicted molar refractivity (Wildman–Crippen MR) is 102 cm³/mol. The first-order valence-electron chi connectivity index (χ1n) is 8.05. The monoisotopic (exact) mass is 365 g/mol. The fourth-order valence-corrected chi connectivity index (χ4v) is 3.21. The van der Waals surface area contributed by atoms with Gasteiger partial charge in [-0.25, -0.2) is 9.97 Å². The number of carbonyl (C=O) groups excluding carboxylic acids is 1. The molecule has 0 aliphatic rings. The molecule has 0 radical (unpaired) electrons. The Labute approximate surface area is 155 Å². The van der Waals surface area contributed by atoms with Crippen molar-refractivity contribution in [2.75, 3.05) is 14.1 Å². The second-order valence-corrected chi connectivity index (χ2v) is 6.69. The van der Waals surface area contributed by atoms with Crippen molar-refractivity contribution < 1.29 is 4.79 Å². The summed E-state index contributed by atoms with van der Waals surface area (Å²) in [5.41, 5.74) is 2.77. The second-order valence-electron chi connectivity index (χ2n) is 6.25. The van der Waals surface area contributed by atoms with Crippen molar-refractivity contribution in [3.8, 4) is 11.4 Å². The number of benzene rings is 1. The lowest BCUT2D eigenvalue weighted by Gasteiger charge is -2.12. The third kappa shape index (κ3) is 2.50. The molecule has 0 fully saturated rings. The van der Waals surface area contributed by atoms with Crippen molar-refractivity contribution in [2.45, 2.75) is 0 Å². The molecule has 0 aliphatic carbocycles. The van der Waals surface area contributed by atoms with Crippen LogP contribution in [0.4, 0.5) is 0 Å². The fraction of sp³-hybridized carbons (Fsp3) is 0.158. The molecular formula is C19H16ClN5O. The van der Waals surface area contributed by atoms with Gasteiger partial charge in [0.2, 0.25) is 0 Å². The van der Waals surface area contributed by atoms with Crippen molar-refractivity contribution in [3.63, 3.8) is 0 Å². The van der Waals surface area contributed by atoms with Gasteiger partial charge in [-0.05, 0) is 24.3 Å². The van der Waals surface area contributed by atoms with Crippen molar-refractivity contribution >= 4 is 39.4 Å². The third-order valence-corrected chi connectivity index (χ3v) is 4.58. The molecule has 0 atom stereocenters. The molecule has 1 aromatic carbocycles. The number of fused-ring (bicyclic) bond motifs is 3. The van der Waals surface area contributed by atoms with Gasteiger partial charge >= 0.3 is 0 Å². The van der Waals surface area contributed by atoms with E-state index in [9.17, 15) is 4.79 Å². The van der Waals surface area contributed by atoms with Gasteiger partial charge in [-0.3, -0.25) is 9.78 Å². The molecule has 4 aromatic rings. The first kappa shape index (κ1) is 16.5. The van der Waals surface area contributed by atoms with E-state index in [1.807, 2.05) is 41.9 Å². The Morgan fingerprint density at radius 3 is 2.54 bits per heavy atom. The van der Waals surface area contributed by atoms with Crippen molar-refractivity contribution in [2.24, 2.45) is 7.05 Å². The van der Waals surface area contributed by atoms with Crippen molar-refractivity contribution in [1.29, 1.82) is 0 Å². The van der Waals surface area contributed by atoms with E-state index in [0.717, 1.165) is 21.9 Å². The Bertz CT molecular complexity index is 1150. The number of hydrogen-bond acceptors (Lipinski definition) is 4. The lowest BCUT2D eigenvalue weighted by atomic mass is 10.1. The molecule has 6 nitrogen and oxygen atoms in total. The Morgan fingerprint density at radius 1 is 1.12 bits per heavy atom. The predicted octanol–water partition coefficient (Wildman–Crippen LogP) is 3.54. The van der Waals surface area contributed by atoms with E-state index in [-0.39, 0.29) is 5.91 Å². The van der Waals surface area contributed by atoms with Crippen LogP contribution in [0.3, 0.4) is 0 Å². The number of pyridine rings is 1. The molecule has 1 amide bonds. The average Bonchev–Trinajstić information content (AvgIpc) is 2.93. The summed E-state index contributed by atoms with van der Waals surface area (Å²) in [5.74, 6) is 0.317. The SMILES string of the molecule is CN(C)C(=O)c1nc(-c2ccncc2)nc2c1c1ccc(Cl)cc1n2C. The number of aryl methyl sites for hydroxylation is 1. The number of halogens is 1. The standard InChI is InChI=1S/C19H16ClN5O/c1-24(2)19(26)16-15-13-5-4-12(20)10-14(13)25(3)18(15)23-17(22-16)11-6-8-21-9-7-11/h4-10H,1-3H3. The minimum Gasteiger partial charge on any atom is -0.343 e. The highest BCUT2D eigenvalue weighted by atomic mass is 35.5. The minimum atomic E-state index is -0.171. The number of rotatable bonds is 2. The summed E-state index contributed by atoms with van der Waals surface area (Å²) in [5, 5.41) is 2.26. The number of amides is 1. The van der Waals surface area contributed by atoms with E-state index in [0.29, 0.717) is 22.2 Å². The first-order valence-corrected chi connectivity index (χ1v) is 8.43. The van der Waals surface area contributed by atoms with Gasteiger partial charge in [-0.2, -0.15) is 0 Å². The summed E-state index contributed by atoms with van der Waals surface area (Å²) in [6.07, 6.45) is 3.36. The zero-order valence-electron chi connectivity index (χ0n) is 14.6. The molecule has 26 heavy (non-hydrogen) atoms. The second kappa shape index (κ2) is 6.07. The van der Waals surface area contributed by atoms with Crippen LogP contribution >= 0.6 is 11.6 Å². The number of carbonyl (C=O) groups is 1. The molecule has 7 heteroatoms. The first-order chi connectivity index (χ1) is 12.5. The number of nitrogens with zero attached hydrogens (tertiary/aromatic N) is 5. The summed E-state index contributed by atoms with van der Waals surface area (Å²) in [6, 6.07) is 9.23. The van der Waals surface area contributed by atoms with Crippen molar-refractivity contribution in [3.05, 3.63) is 53.4 Å². The Kier molecular flexibility index (Phi) is 3.85. The van der Waals surface area contributed by atoms with Gasteiger partial charge in [0.25, 0.3) is 5.91 Å². The van der Waals surface area contributed by atoms with Gasteiger partial charge in [0.15, 0.2) is 5.82 Å². The van der Waals surface area contributed by atoms with E-state index in [2.05, 4.69) is 9.97 Å². The summed E-state index contributed by atoms with van der Waals surface area (Å²) in [6.45, 7) is 0. The van der Waals surface area contributed by atoms with E-state index in [4.69, 9.17) is 16.6 Å². The highest BCUT2D eigenvalue weighted by molar-refractivity contribution is 6.31. The van der Waals surface area contributed by atoms with Crippen molar-refractivity contribution in [1.82, 2.24) is 24.4 Å². The maximum atomic E-state index is 12.8. The molecule has 3 aromatic heterocycles. The van der Waals surface area contributed by atoms with Crippen LogP contribution in [0.15, 0.2) is 42.7 Å². The molecule has 0 N–H and O–H groups in total. The number of aromatic nitrogens is 4. The van der Waals surface area contributed by atoms with Gasteiger partial charge in [0.05, 0.1) is 10.9 Å². The van der Waals surface area contributed by atoms with Crippen LogP contribution in [0.1, 0.15) is 10.5 Å². The fourth-order valence-electron chi connectivity index (χ4n) is 3.04. The van der Waals surface area contributed by atoms with Gasteiger partial charge in [-0.15, -0.1) is 0 Å². The molecular weight excluding hydrogens is 350 g/mol. The van der Waals surface area contributed by atoms with Crippen LogP contribution in [0.25, 0.3) is 33.3 Å². The van der Waals surface area contributed by atoms with Gasteiger partial charge in [0.1, 0.15) is 11.3 Å². The molecule has 130 valence electrons. The smallest absolute Gasteiger partial charge is 0.272 e. The lowest BCUT2D eigenvalue weighted by molar-refractivity contribution is 0.0824. The van der Waals surface area contributed by atoms with Gasteiger partial charge in [0, 0.05) is 49.5 Å². The lowest BCUT2D eigenvalue weighted by Crippen LogP contribution is -2.23. The van der Waals surface area contributed by atoms with Crippen LogP contribution in [0.5, 0.6) is 0 Å². The van der Waals surface area contributed by atoms with Gasteiger partial charge in [-0.1, -0.05) is 17.7 Å². The zero-order chi connectivity index (χ0) is 18.4. The highest BCUT2D eigenvalue weighted by Gasteiger charge is 2.22. The summed E-state index contributed by atoms with van der Waals surface area (Å²) < 4.78 is 1.94. The largest absolute Gasteiger partial charge is 0.343 e. The molecule has 0 saturated heterocycles. The third-order valence-electron chi connectivity index (χ3n) is 4.35. The maximum absolute atomic E-state index is 12.8.